The van der Waals surface area contributed by atoms with Crippen LogP contribution in [-0.2, 0) is 16.1 Å². The van der Waals surface area contributed by atoms with Gasteiger partial charge in [0.25, 0.3) is 0 Å². The Kier molecular flexibility index (Phi) is 7.02. The number of benzene rings is 1. The highest BCUT2D eigenvalue weighted by atomic mass is 32.2. The predicted octanol–water partition coefficient (Wildman–Crippen LogP) is 4.78. The third kappa shape index (κ3) is 5.11. The molecule has 1 aliphatic heterocycles. The first-order valence-corrected chi connectivity index (χ1v) is 13.1. The second-order valence-electron chi connectivity index (χ2n) is 9.31. The first kappa shape index (κ1) is 22.5. The lowest BCUT2D eigenvalue weighted by atomic mass is 9.89. The zero-order valence-electron chi connectivity index (χ0n) is 19.3. The van der Waals surface area contributed by atoms with E-state index in [1.165, 1.54) is 43.9 Å². The molecule has 1 amide bonds. The number of H-pyrrole nitrogens is 1. The normalized spacial score (nSPS) is 20.3. The molecule has 176 valence electrons. The number of hydrogen-bond donors (Lipinski definition) is 2. The van der Waals surface area contributed by atoms with E-state index >= 15 is 0 Å². The minimum Gasteiger partial charge on any atom is -0.376 e. The number of aromatic nitrogens is 4. The maximum Gasteiger partial charge on any atom is 0.233 e. The van der Waals surface area contributed by atoms with Crippen molar-refractivity contribution in [2.24, 2.45) is 5.92 Å². The van der Waals surface area contributed by atoms with Crippen LogP contribution < -0.4 is 5.32 Å². The van der Waals surface area contributed by atoms with Gasteiger partial charge in [-0.05, 0) is 44.6 Å². The van der Waals surface area contributed by atoms with Gasteiger partial charge >= 0.3 is 0 Å². The Labute approximate surface area is 199 Å². The first-order valence-electron chi connectivity index (χ1n) is 12.2. The van der Waals surface area contributed by atoms with Crippen LogP contribution in [0.5, 0.6) is 0 Å². The molecule has 5 rings (SSSR count). The van der Waals surface area contributed by atoms with Gasteiger partial charge in [-0.3, -0.25) is 9.36 Å². The van der Waals surface area contributed by atoms with Crippen molar-refractivity contribution < 1.29 is 9.53 Å². The van der Waals surface area contributed by atoms with Crippen molar-refractivity contribution in [3.05, 3.63) is 30.5 Å². The third-order valence-corrected chi connectivity index (χ3v) is 7.98. The highest BCUT2D eigenvalue weighted by Crippen LogP contribution is 2.32. The average Bonchev–Trinajstić information content (AvgIpc) is 3.59. The van der Waals surface area contributed by atoms with Gasteiger partial charge in [-0.1, -0.05) is 49.2 Å². The van der Waals surface area contributed by atoms with Crippen molar-refractivity contribution in [1.29, 1.82) is 0 Å². The number of carbonyl (C=O) groups is 1. The highest BCUT2D eigenvalue weighted by Gasteiger charge is 2.26. The van der Waals surface area contributed by atoms with Crippen molar-refractivity contribution in [3.63, 3.8) is 0 Å². The number of nitrogens with one attached hydrogen (secondary N) is 2. The van der Waals surface area contributed by atoms with Gasteiger partial charge in [0, 0.05) is 35.8 Å². The molecule has 2 atom stereocenters. The number of aromatic amines is 1. The van der Waals surface area contributed by atoms with E-state index < -0.39 is 0 Å². The minimum atomic E-state index is -0.239. The Morgan fingerprint density at radius 2 is 2.06 bits per heavy atom. The summed E-state index contributed by atoms with van der Waals surface area (Å²) in [7, 11) is 0. The van der Waals surface area contributed by atoms with Crippen LogP contribution in [0.4, 0.5) is 0 Å². The Balaban J connectivity index is 1.34. The lowest BCUT2D eigenvalue weighted by Gasteiger charge is -2.22. The Morgan fingerprint density at radius 3 is 2.88 bits per heavy atom. The lowest BCUT2D eigenvalue weighted by Crippen LogP contribution is -2.35. The van der Waals surface area contributed by atoms with Gasteiger partial charge in [-0.15, -0.1) is 10.2 Å². The standard InChI is InChI=1S/C25H33N5O2S/c1-17(24(31)27-14-18-8-3-2-4-9-18)33-25-29-28-23(30(25)16-19-10-7-13-32-19)21-15-26-22-12-6-5-11-20(21)22/h5-6,11-12,15,17-19,26H,2-4,7-10,13-14,16H2,1H3,(H,27,31). The molecule has 3 heterocycles. The van der Waals surface area contributed by atoms with Crippen LogP contribution >= 0.6 is 11.8 Å². The Bertz CT molecular complexity index is 1080. The maximum absolute atomic E-state index is 12.8. The van der Waals surface area contributed by atoms with Crippen molar-refractivity contribution in [1.82, 2.24) is 25.1 Å². The molecule has 1 aliphatic carbocycles. The van der Waals surface area contributed by atoms with Crippen LogP contribution in [0.25, 0.3) is 22.3 Å². The van der Waals surface area contributed by atoms with Crippen LogP contribution in [0.3, 0.4) is 0 Å². The molecule has 8 heteroatoms. The van der Waals surface area contributed by atoms with Gasteiger partial charge in [-0.2, -0.15) is 0 Å². The third-order valence-electron chi connectivity index (χ3n) is 6.90. The van der Waals surface area contributed by atoms with Gasteiger partial charge in [0.05, 0.1) is 17.9 Å². The zero-order valence-corrected chi connectivity index (χ0v) is 20.1. The summed E-state index contributed by atoms with van der Waals surface area (Å²) in [5.74, 6) is 1.52. The van der Waals surface area contributed by atoms with Crippen LogP contribution in [0.15, 0.2) is 35.6 Å². The lowest BCUT2D eigenvalue weighted by molar-refractivity contribution is -0.120. The summed E-state index contributed by atoms with van der Waals surface area (Å²) >= 11 is 1.48. The summed E-state index contributed by atoms with van der Waals surface area (Å²) in [6.07, 6.45) is 10.6. The van der Waals surface area contributed by atoms with Crippen molar-refractivity contribution in [2.75, 3.05) is 13.2 Å². The number of amides is 1. The van der Waals surface area contributed by atoms with E-state index in [-0.39, 0.29) is 17.3 Å². The van der Waals surface area contributed by atoms with E-state index in [0.717, 1.165) is 53.4 Å². The summed E-state index contributed by atoms with van der Waals surface area (Å²) in [5.41, 5.74) is 2.10. The molecule has 33 heavy (non-hydrogen) atoms. The molecule has 1 aromatic carbocycles. The van der Waals surface area contributed by atoms with E-state index in [1.54, 1.807) is 0 Å². The van der Waals surface area contributed by atoms with Crippen LogP contribution in [0.2, 0.25) is 0 Å². The summed E-state index contributed by atoms with van der Waals surface area (Å²) in [4.78, 5) is 16.2. The van der Waals surface area contributed by atoms with Crippen molar-refractivity contribution in [2.45, 2.75) is 74.9 Å². The van der Waals surface area contributed by atoms with E-state index in [0.29, 0.717) is 12.5 Å². The Morgan fingerprint density at radius 1 is 1.21 bits per heavy atom. The highest BCUT2D eigenvalue weighted by molar-refractivity contribution is 8.00. The summed E-state index contributed by atoms with van der Waals surface area (Å²) in [6.45, 7) is 4.24. The molecule has 0 radical (unpaired) electrons. The van der Waals surface area contributed by atoms with E-state index in [9.17, 15) is 4.79 Å². The molecule has 2 N–H and O–H groups in total. The number of thioether (sulfide) groups is 1. The summed E-state index contributed by atoms with van der Waals surface area (Å²) in [6, 6.07) is 8.22. The van der Waals surface area contributed by atoms with Crippen LogP contribution in [0, 0.1) is 5.92 Å². The van der Waals surface area contributed by atoms with Gasteiger partial charge in [0.2, 0.25) is 5.91 Å². The molecule has 1 saturated carbocycles. The molecule has 2 aliphatic rings. The zero-order chi connectivity index (χ0) is 22.6. The Hall–Kier alpha value is -2.32. The smallest absolute Gasteiger partial charge is 0.233 e. The van der Waals surface area contributed by atoms with Crippen LogP contribution in [-0.4, -0.2) is 50.2 Å². The fourth-order valence-corrected chi connectivity index (χ4v) is 5.86. The fourth-order valence-electron chi connectivity index (χ4n) is 4.98. The molecule has 1 saturated heterocycles. The van der Waals surface area contributed by atoms with Gasteiger partial charge in [-0.25, -0.2) is 0 Å². The molecule has 0 bridgehead atoms. The SMILES string of the molecule is CC(Sc1nnc(-c2c[nH]c3ccccc23)n1CC1CCCO1)C(=O)NCC1CCCCC1. The van der Waals surface area contributed by atoms with E-state index in [4.69, 9.17) is 4.74 Å². The monoisotopic (exact) mass is 467 g/mol. The average molecular weight is 468 g/mol. The largest absolute Gasteiger partial charge is 0.376 e. The number of carbonyl (C=O) groups excluding carboxylic acids is 1. The number of hydrogen-bond acceptors (Lipinski definition) is 5. The molecular weight excluding hydrogens is 434 g/mol. The molecule has 2 fully saturated rings. The summed E-state index contributed by atoms with van der Waals surface area (Å²) in [5, 5.41) is 13.9. The molecule has 3 aromatic rings. The number of rotatable bonds is 8. The number of fused-ring (bicyclic) bond motifs is 1. The fraction of sp³-hybridized carbons (Fsp3) is 0.560. The second kappa shape index (κ2) is 10.3. The topological polar surface area (TPSA) is 84.8 Å². The van der Waals surface area contributed by atoms with E-state index in [2.05, 4.69) is 37.2 Å². The number of nitrogens with zero attached hydrogens (tertiary/aromatic N) is 3. The van der Waals surface area contributed by atoms with Crippen LogP contribution in [0.1, 0.15) is 51.9 Å². The maximum atomic E-state index is 12.8. The molecule has 2 unspecified atom stereocenters. The van der Waals surface area contributed by atoms with Gasteiger partial charge in [0.15, 0.2) is 11.0 Å². The van der Waals surface area contributed by atoms with Gasteiger partial charge < -0.3 is 15.0 Å². The summed E-state index contributed by atoms with van der Waals surface area (Å²) < 4.78 is 8.07. The van der Waals surface area contributed by atoms with Crippen molar-refractivity contribution >= 4 is 28.6 Å². The quantitative estimate of drug-likeness (QED) is 0.466. The number of para-hydroxylation sites is 1. The molecular formula is C25H33N5O2S. The first-order chi connectivity index (χ1) is 16.2. The van der Waals surface area contributed by atoms with Crippen molar-refractivity contribution in [3.8, 4) is 11.4 Å². The number of ether oxygens (including phenoxy) is 1. The molecule has 7 nitrogen and oxygen atoms in total. The minimum absolute atomic E-state index is 0.0749. The second-order valence-corrected chi connectivity index (χ2v) is 10.6. The van der Waals surface area contributed by atoms with E-state index in [1.807, 2.05) is 25.3 Å². The van der Waals surface area contributed by atoms with Gasteiger partial charge in [0.1, 0.15) is 0 Å². The molecule has 0 spiro atoms. The molecule has 2 aromatic heterocycles. The predicted molar refractivity (Wildman–Crippen MR) is 131 cm³/mol.